The normalized spacial score (nSPS) is 16.4. The molecule has 0 aliphatic carbocycles. The van der Waals surface area contributed by atoms with Crippen molar-refractivity contribution in [2.45, 2.75) is 32.9 Å². The first-order valence-corrected chi connectivity index (χ1v) is 8.88. The van der Waals surface area contributed by atoms with Crippen molar-refractivity contribution >= 4 is 17.2 Å². The third-order valence-electron chi connectivity index (χ3n) is 4.20. The highest BCUT2D eigenvalue weighted by molar-refractivity contribution is 7.09. The molecule has 2 aromatic heterocycles. The molecule has 1 saturated heterocycles. The van der Waals surface area contributed by atoms with Gasteiger partial charge in [0.15, 0.2) is 0 Å². The van der Waals surface area contributed by atoms with Gasteiger partial charge in [0.05, 0.1) is 10.7 Å². The topological polar surface area (TPSA) is 58.1 Å². The lowest BCUT2D eigenvalue weighted by molar-refractivity contribution is -0.126. The van der Waals surface area contributed by atoms with Crippen LogP contribution >= 0.6 is 11.3 Å². The first kappa shape index (κ1) is 16.1. The van der Waals surface area contributed by atoms with Gasteiger partial charge in [-0.2, -0.15) is 0 Å². The molecule has 0 bridgehead atoms. The Kier molecular flexibility index (Phi) is 5.35. The summed E-state index contributed by atoms with van der Waals surface area (Å²) >= 11 is 1.70. The van der Waals surface area contributed by atoms with Crippen molar-refractivity contribution in [3.05, 3.63) is 46.2 Å². The monoisotopic (exact) mass is 330 g/mol. The lowest BCUT2D eigenvalue weighted by Crippen LogP contribution is -2.40. The highest BCUT2D eigenvalue weighted by atomic mass is 32.1. The molecule has 0 saturated carbocycles. The number of nitrogens with one attached hydrogen (secondary N) is 1. The number of hydrogen-bond donors (Lipinski definition) is 1. The van der Waals surface area contributed by atoms with Crippen molar-refractivity contribution in [2.24, 2.45) is 5.92 Å². The summed E-state index contributed by atoms with van der Waals surface area (Å²) < 4.78 is 0. The Balaban J connectivity index is 1.42. The van der Waals surface area contributed by atoms with Crippen LogP contribution in [-0.2, 0) is 17.9 Å². The van der Waals surface area contributed by atoms with Crippen LogP contribution in [0.3, 0.4) is 0 Å². The maximum atomic E-state index is 12.3. The van der Waals surface area contributed by atoms with E-state index in [0.717, 1.165) is 48.7 Å². The summed E-state index contributed by atoms with van der Waals surface area (Å²) in [4.78, 5) is 23.2. The highest BCUT2D eigenvalue weighted by Crippen LogP contribution is 2.20. The quantitative estimate of drug-likeness (QED) is 0.914. The molecule has 5 nitrogen and oxygen atoms in total. The van der Waals surface area contributed by atoms with Crippen LogP contribution in [0.15, 0.2) is 29.9 Å². The molecular formula is C17H22N4OS. The van der Waals surface area contributed by atoms with E-state index in [1.54, 1.807) is 23.7 Å². The Labute approximate surface area is 140 Å². The van der Waals surface area contributed by atoms with Gasteiger partial charge in [0.25, 0.3) is 0 Å². The molecule has 1 aliphatic heterocycles. The second-order valence-corrected chi connectivity index (χ2v) is 7.05. The molecule has 0 spiro atoms. The average molecular weight is 330 g/mol. The van der Waals surface area contributed by atoms with Crippen molar-refractivity contribution in [2.75, 3.05) is 13.1 Å². The molecule has 3 heterocycles. The highest BCUT2D eigenvalue weighted by Gasteiger charge is 2.25. The number of hydrogen-bond acceptors (Lipinski definition) is 5. The van der Waals surface area contributed by atoms with E-state index in [4.69, 9.17) is 0 Å². The number of aromatic nitrogens is 2. The molecule has 6 heteroatoms. The van der Waals surface area contributed by atoms with Crippen LogP contribution in [-0.4, -0.2) is 33.9 Å². The first-order chi connectivity index (χ1) is 11.2. The number of carbonyl (C=O) groups is 1. The maximum Gasteiger partial charge on any atom is 0.223 e. The number of carbonyl (C=O) groups excluding carboxylic acids is 1. The number of amides is 1. The van der Waals surface area contributed by atoms with Crippen LogP contribution < -0.4 is 5.32 Å². The third kappa shape index (κ3) is 4.59. The van der Waals surface area contributed by atoms with Gasteiger partial charge in [0.1, 0.15) is 0 Å². The van der Waals surface area contributed by atoms with E-state index < -0.39 is 0 Å². The number of piperidine rings is 1. The standard InChI is InChI=1S/C17H22N4OS/c1-13-20-16(12-23-13)11-21-7-4-15(5-8-21)17(22)19-10-14-3-2-6-18-9-14/h2-3,6,9,12,15H,4-5,7-8,10-11H2,1H3,(H,19,22). The number of pyridine rings is 1. The van der Waals surface area contributed by atoms with Gasteiger partial charge >= 0.3 is 0 Å². The zero-order chi connectivity index (χ0) is 16.1. The summed E-state index contributed by atoms with van der Waals surface area (Å²) in [7, 11) is 0. The van der Waals surface area contributed by atoms with Crippen LogP contribution in [0.4, 0.5) is 0 Å². The van der Waals surface area contributed by atoms with E-state index in [2.05, 4.69) is 25.6 Å². The number of rotatable bonds is 5. The molecule has 23 heavy (non-hydrogen) atoms. The van der Waals surface area contributed by atoms with E-state index in [9.17, 15) is 4.79 Å². The van der Waals surface area contributed by atoms with Gasteiger partial charge < -0.3 is 5.32 Å². The van der Waals surface area contributed by atoms with E-state index in [-0.39, 0.29) is 11.8 Å². The molecule has 1 aliphatic rings. The van der Waals surface area contributed by atoms with Crippen molar-refractivity contribution in [1.29, 1.82) is 0 Å². The molecule has 122 valence electrons. The van der Waals surface area contributed by atoms with Gasteiger partial charge in [0, 0.05) is 36.8 Å². The van der Waals surface area contributed by atoms with E-state index >= 15 is 0 Å². The lowest BCUT2D eigenvalue weighted by atomic mass is 9.95. The lowest BCUT2D eigenvalue weighted by Gasteiger charge is -2.30. The molecule has 0 unspecified atom stereocenters. The molecule has 1 fully saturated rings. The maximum absolute atomic E-state index is 12.3. The van der Waals surface area contributed by atoms with Gasteiger partial charge in [-0.05, 0) is 44.5 Å². The molecule has 0 atom stereocenters. The largest absolute Gasteiger partial charge is 0.352 e. The Bertz CT molecular complexity index is 635. The van der Waals surface area contributed by atoms with E-state index in [1.807, 2.05) is 19.1 Å². The minimum absolute atomic E-state index is 0.125. The molecule has 3 rings (SSSR count). The number of thiazole rings is 1. The van der Waals surface area contributed by atoms with Crippen LogP contribution in [0.1, 0.15) is 29.1 Å². The van der Waals surface area contributed by atoms with Gasteiger partial charge in [-0.1, -0.05) is 6.07 Å². The SMILES string of the molecule is Cc1nc(CN2CCC(C(=O)NCc3cccnc3)CC2)cs1. The summed E-state index contributed by atoms with van der Waals surface area (Å²) in [6.07, 6.45) is 5.37. The van der Waals surface area contributed by atoms with Crippen molar-refractivity contribution in [3.63, 3.8) is 0 Å². The van der Waals surface area contributed by atoms with Crippen LogP contribution in [0.2, 0.25) is 0 Å². The predicted molar refractivity (Wildman–Crippen MR) is 90.9 cm³/mol. The summed E-state index contributed by atoms with van der Waals surface area (Å²) in [6, 6.07) is 3.87. The van der Waals surface area contributed by atoms with Gasteiger partial charge in [0.2, 0.25) is 5.91 Å². The minimum atomic E-state index is 0.125. The number of nitrogens with zero attached hydrogens (tertiary/aromatic N) is 3. The fraction of sp³-hybridized carbons (Fsp3) is 0.471. The Hall–Kier alpha value is -1.79. The van der Waals surface area contributed by atoms with Crippen molar-refractivity contribution in [1.82, 2.24) is 20.2 Å². The van der Waals surface area contributed by atoms with Crippen LogP contribution in [0, 0.1) is 12.8 Å². The predicted octanol–water partition coefficient (Wildman–Crippen LogP) is 2.37. The number of aryl methyl sites for hydroxylation is 1. The van der Waals surface area contributed by atoms with E-state index in [1.165, 1.54) is 0 Å². The minimum Gasteiger partial charge on any atom is -0.352 e. The fourth-order valence-electron chi connectivity index (χ4n) is 2.90. The van der Waals surface area contributed by atoms with Gasteiger partial charge in [-0.15, -0.1) is 11.3 Å². The van der Waals surface area contributed by atoms with Crippen molar-refractivity contribution < 1.29 is 4.79 Å². The second kappa shape index (κ2) is 7.66. The first-order valence-electron chi connectivity index (χ1n) is 8.00. The van der Waals surface area contributed by atoms with Gasteiger partial charge in [-0.25, -0.2) is 4.98 Å². The third-order valence-corrected chi connectivity index (χ3v) is 5.02. The molecule has 0 radical (unpaired) electrons. The number of likely N-dealkylation sites (tertiary alicyclic amines) is 1. The van der Waals surface area contributed by atoms with E-state index in [0.29, 0.717) is 6.54 Å². The zero-order valence-corrected chi connectivity index (χ0v) is 14.2. The molecule has 2 aromatic rings. The second-order valence-electron chi connectivity index (χ2n) is 5.99. The Morgan fingerprint density at radius 1 is 1.43 bits per heavy atom. The van der Waals surface area contributed by atoms with Crippen LogP contribution in [0.25, 0.3) is 0 Å². The van der Waals surface area contributed by atoms with Gasteiger partial charge in [-0.3, -0.25) is 14.7 Å². The fourth-order valence-corrected chi connectivity index (χ4v) is 3.50. The van der Waals surface area contributed by atoms with Crippen LogP contribution in [0.5, 0.6) is 0 Å². The Morgan fingerprint density at radius 2 is 2.26 bits per heavy atom. The molecular weight excluding hydrogens is 308 g/mol. The summed E-state index contributed by atoms with van der Waals surface area (Å²) in [5.41, 5.74) is 2.18. The molecule has 1 amide bonds. The smallest absolute Gasteiger partial charge is 0.223 e. The molecule has 0 aromatic carbocycles. The summed E-state index contributed by atoms with van der Waals surface area (Å²) in [6.45, 7) is 5.41. The average Bonchev–Trinajstić information content (AvgIpc) is 2.99. The zero-order valence-electron chi connectivity index (χ0n) is 13.4. The Morgan fingerprint density at radius 3 is 2.91 bits per heavy atom. The van der Waals surface area contributed by atoms with Crippen molar-refractivity contribution in [3.8, 4) is 0 Å². The summed E-state index contributed by atoms with van der Waals surface area (Å²) in [5, 5.41) is 6.27. The molecule has 1 N–H and O–H groups in total. The summed E-state index contributed by atoms with van der Waals surface area (Å²) in [5.74, 6) is 0.290.